The Kier molecular flexibility index (Phi) is 6.14. The van der Waals surface area contributed by atoms with Crippen LogP contribution in [0.1, 0.15) is 33.8 Å². The van der Waals surface area contributed by atoms with Crippen LogP contribution in [0, 0.1) is 11.7 Å². The molecule has 33 heavy (non-hydrogen) atoms. The number of hydrogen-bond acceptors (Lipinski definition) is 3. The van der Waals surface area contributed by atoms with Crippen molar-refractivity contribution in [2.75, 3.05) is 26.7 Å². The van der Waals surface area contributed by atoms with Crippen LogP contribution in [-0.4, -0.2) is 48.5 Å². The number of methoxy groups -OCH3 is 1. The summed E-state index contributed by atoms with van der Waals surface area (Å²) in [6, 6.07) is 24.9. The largest absolute Gasteiger partial charge is 0.497 e. The molecule has 4 nitrogen and oxygen atoms in total. The molecule has 5 rings (SSSR count). The molecule has 0 spiro atoms. The Morgan fingerprint density at radius 3 is 2.52 bits per heavy atom. The van der Waals surface area contributed by atoms with Gasteiger partial charge < -0.3 is 9.64 Å². The number of carbonyl (C=O) groups excluding carboxylic acids is 1. The number of benzene rings is 3. The van der Waals surface area contributed by atoms with Crippen LogP contribution in [0.3, 0.4) is 0 Å². The molecule has 0 radical (unpaired) electrons. The number of likely N-dealkylation sites (tertiary alicyclic amines) is 2. The molecule has 5 heteroatoms. The van der Waals surface area contributed by atoms with Crippen molar-refractivity contribution in [1.82, 2.24) is 9.80 Å². The van der Waals surface area contributed by atoms with E-state index in [0.29, 0.717) is 12.5 Å². The van der Waals surface area contributed by atoms with Crippen LogP contribution in [0.15, 0.2) is 78.9 Å². The van der Waals surface area contributed by atoms with Gasteiger partial charge in [0.1, 0.15) is 11.6 Å². The lowest BCUT2D eigenvalue weighted by molar-refractivity contribution is 0.0614. The fourth-order valence-electron chi connectivity index (χ4n) is 5.53. The fraction of sp³-hybridized carbons (Fsp3) is 0.321. The maximum absolute atomic E-state index is 13.7. The van der Waals surface area contributed by atoms with E-state index in [-0.39, 0.29) is 23.7 Å². The number of amides is 1. The second kappa shape index (κ2) is 9.36. The minimum Gasteiger partial charge on any atom is -0.497 e. The maximum Gasteiger partial charge on any atom is 0.254 e. The molecule has 3 atom stereocenters. The molecule has 0 unspecified atom stereocenters. The third-order valence-electron chi connectivity index (χ3n) is 7.14. The van der Waals surface area contributed by atoms with Crippen molar-refractivity contribution in [2.45, 2.75) is 24.9 Å². The highest BCUT2D eigenvalue weighted by Crippen LogP contribution is 2.42. The van der Waals surface area contributed by atoms with Gasteiger partial charge in [-0.1, -0.05) is 42.5 Å². The summed E-state index contributed by atoms with van der Waals surface area (Å²) in [5.41, 5.74) is 2.97. The summed E-state index contributed by atoms with van der Waals surface area (Å²) in [5, 5.41) is 0. The monoisotopic (exact) mass is 444 g/mol. The SMILES string of the molecule is COc1ccc([C@H]2CN(C(=O)c3ccccc3)[C@@H]3CCN(Cc4cccc(F)c4)C[C@H]23)cc1. The van der Waals surface area contributed by atoms with Crippen LogP contribution in [0.4, 0.5) is 4.39 Å². The van der Waals surface area contributed by atoms with Gasteiger partial charge in [-0.25, -0.2) is 4.39 Å². The van der Waals surface area contributed by atoms with Crippen LogP contribution in [0.25, 0.3) is 0 Å². The topological polar surface area (TPSA) is 32.8 Å². The summed E-state index contributed by atoms with van der Waals surface area (Å²) in [6.45, 7) is 3.22. The molecular weight excluding hydrogens is 415 g/mol. The van der Waals surface area contributed by atoms with E-state index in [0.717, 1.165) is 42.9 Å². The molecule has 0 saturated carbocycles. The van der Waals surface area contributed by atoms with E-state index in [2.05, 4.69) is 21.9 Å². The third kappa shape index (κ3) is 4.51. The first-order valence-electron chi connectivity index (χ1n) is 11.6. The Labute approximate surface area is 194 Å². The smallest absolute Gasteiger partial charge is 0.254 e. The Bertz CT molecular complexity index is 1100. The van der Waals surface area contributed by atoms with Crippen molar-refractivity contribution in [3.63, 3.8) is 0 Å². The third-order valence-corrected chi connectivity index (χ3v) is 7.14. The predicted octanol–water partition coefficient (Wildman–Crippen LogP) is 4.96. The quantitative estimate of drug-likeness (QED) is 0.557. The van der Waals surface area contributed by atoms with Crippen molar-refractivity contribution >= 4 is 5.91 Å². The van der Waals surface area contributed by atoms with E-state index in [9.17, 15) is 9.18 Å². The zero-order valence-electron chi connectivity index (χ0n) is 18.9. The molecule has 1 amide bonds. The number of nitrogens with zero attached hydrogens (tertiary/aromatic N) is 2. The second-order valence-corrected chi connectivity index (χ2v) is 9.09. The van der Waals surface area contributed by atoms with Gasteiger partial charge in [0, 0.05) is 49.6 Å². The van der Waals surface area contributed by atoms with Crippen molar-refractivity contribution in [1.29, 1.82) is 0 Å². The predicted molar refractivity (Wildman–Crippen MR) is 127 cm³/mol. The molecule has 2 saturated heterocycles. The molecule has 3 aromatic carbocycles. The number of halogens is 1. The minimum atomic E-state index is -0.195. The number of fused-ring (bicyclic) bond motifs is 1. The van der Waals surface area contributed by atoms with Gasteiger partial charge >= 0.3 is 0 Å². The molecule has 0 bridgehead atoms. The molecule has 3 aromatic rings. The molecular formula is C28H29FN2O2. The lowest BCUT2D eigenvalue weighted by Crippen LogP contribution is -2.47. The fourth-order valence-corrected chi connectivity index (χ4v) is 5.53. The molecule has 2 aliphatic rings. The number of rotatable bonds is 5. The zero-order valence-corrected chi connectivity index (χ0v) is 18.9. The molecule has 2 aliphatic heterocycles. The number of hydrogen-bond donors (Lipinski definition) is 0. The highest BCUT2D eigenvalue weighted by atomic mass is 19.1. The van der Waals surface area contributed by atoms with E-state index >= 15 is 0 Å². The molecule has 0 N–H and O–H groups in total. The van der Waals surface area contributed by atoms with Gasteiger partial charge in [0.25, 0.3) is 5.91 Å². The minimum absolute atomic E-state index is 0.111. The zero-order chi connectivity index (χ0) is 22.8. The summed E-state index contributed by atoms with van der Waals surface area (Å²) in [5.74, 6) is 1.33. The lowest BCUT2D eigenvalue weighted by atomic mass is 9.81. The summed E-state index contributed by atoms with van der Waals surface area (Å²) in [6.07, 6.45) is 0.922. The van der Waals surface area contributed by atoms with Crippen LogP contribution in [0.2, 0.25) is 0 Å². The van der Waals surface area contributed by atoms with Gasteiger partial charge in [-0.3, -0.25) is 9.69 Å². The Morgan fingerprint density at radius 1 is 1.00 bits per heavy atom. The Hall–Kier alpha value is -3.18. The van der Waals surface area contributed by atoms with Crippen molar-refractivity contribution in [3.05, 3.63) is 101 Å². The van der Waals surface area contributed by atoms with Gasteiger partial charge in [0.2, 0.25) is 0 Å². The van der Waals surface area contributed by atoms with Gasteiger partial charge in [-0.2, -0.15) is 0 Å². The van der Waals surface area contributed by atoms with Gasteiger partial charge in [0.05, 0.1) is 7.11 Å². The molecule has 2 fully saturated rings. The number of piperidine rings is 1. The van der Waals surface area contributed by atoms with Gasteiger partial charge in [-0.15, -0.1) is 0 Å². The van der Waals surface area contributed by atoms with Crippen LogP contribution in [0.5, 0.6) is 5.75 Å². The highest BCUT2D eigenvalue weighted by Gasteiger charge is 2.47. The van der Waals surface area contributed by atoms with E-state index in [1.807, 2.05) is 48.5 Å². The first-order chi connectivity index (χ1) is 16.1. The van der Waals surface area contributed by atoms with E-state index in [1.165, 1.54) is 11.6 Å². The molecule has 2 heterocycles. The summed E-state index contributed by atoms with van der Waals surface area (Å²) >= 11 is 0. The van der Waals surface area contributed by atoms with E-state index in [4.69, 9.17) is 4.74 Å². The lowest BCUT2D eigenvalue weighted by Gasteiger charge is -2.39. The summed E-state index contributed by atoms with van der Waals surface area (Å²) < 4.78 is 19.1. The van der Waals surface area contributed by atoms with E-state index in [1.54, 1.807) is 19.2 Å². The van der Waals surface area contributed by atoms with E-state index < -0.39 is 0 Å². The molecule has 0 aromatic heterocycles. The van der Waals surface area contributed by atoms with Crippen molar-refractivity contribution in [3.8, 4) is 5.75 Å². The number of carbonyl (C=O) groups is 1. The first-order valence-corrected chi connectivity index (χ1v) is 11.6. The van der Waals surface area contributed by atoms with Gasteiger partial charge in [-0.05, 0) is 53.9 Å². The standard InChI is InChI=1S/C28H29FN2O2/c1-33-24-12-10-21(11-13-24)25-19-31(28(32)22-7-3-2-4-8-22)27-14-15-30(18-26(25)27)17-20-6-5-9-23(29)16-20/h2-13,16,25-27H,14-15,17-19H2,1H3/t25-,26-,27-/m1/s1. The molecule has 170 valence electrons. The van der Waals surface area contributed by atoms with Crippen LogP contribution >= 0.6 is 0 Å². The Balaban J connectivity index is 1.41. The van der Waals surface area contributed by atoms with Crippen LogP contribution < -0.4 is 4.74 Å². The van der Waals surface area contributed by atoms with Crippen molar-refractivity contribution in [2.24, 2.45) is 5.92 Å². The average Bonchev–Trinajstić information content (AvgIpc) is 3.23. The summed E-state index contributed by atoms with van der Waals surface area (Å²) in [7, 11) is 1.67. The highest BCUT2D eigenvalue weighted by molar-refractivity contribution is 5.94. The first kappa shape index (κ1) is 21.7. The summed E-state index contributed by atoms with van der Waals surface area (Å²) in [4.78, 5) is 17.9. The average molecular weight is 445 g/mol. The van der Waals surface area contributed by atoms with Crippen LogP contribution in [-0.2, 0) is 6.54 Å². The number of ether oxygens (including phenoxy) is 1. The normalized spacial score (nSPS) is 22.7. The Morgan fingerprint density at radius 2 is 1.79 bits per heavy atom. The maximum atomic E-state index is 13.7. The van der Waals surface area contributed by atoms with Crippen molar-refractivity contribution < 1.29 is 13.9 Å². The second-order valence-electron chi connectivity index (χ2n) is 9.09. The molecule has 0 aliphatic carbocycles. The van der Waals surface area contributed by atoms with Gasteiger partial charge in [0.15, 0.2) is 0 Å².